The first kappa shape index (κ1) is 17.1. The Bertz CT molecular complexity index is 783. The number of carbonyl (C=O) groups excluding carboxylic acids is 1. The third-order valence-electron chi connectivity index (χ3n) is 4.08. The Hall–Kier alpha value is -2.73. The largest absolute Gasteiger partial charge is 0.396 e. The Labute approximate surface area is 146 Å². The second-order valence-corrected chi connectivity index (χ2v) is 5.95. The Balaban J connectivity index is 1.59. The fourth-order valence-corrected chi connectivity index (χ4v) is 2.81. The van der Waals surface area contributed by atoms with Gasteiger partial charge in [-0.05, 0) is 30.5 Å². The summed E-state index contributed by atoms with van der Waals surface area (Å²) in [5.74, 6) is 0.732. The Morgan fingerprint density at radius 1 is 1.20 bits per heavy atom. The molecule has 0 radical (unpaired) electrons. The van der Waals surface area contributed by atoms with Crippen molar-refractivity contribution in [3.8, 4) is 0 Å². The molecule has 1 amide bonds. The van der Waals surface area contributed by atoms with Gasteiger partial charge in [-0.3, -0.25) is 4.79 Å². The highest BCUT2D eigenvalue weighted by atomic mass is 16.3. The van der Waals surface area contributed by atoms with Crippen LogP contribution in [0, 0.1) is 0 Å². The molecular weight excluding hydrogens is 316 g/mol. The summed E-state index contributed by atoms with van der Waals surface area (Å²) in [5, 5.41) is 12.2. The molecule has 0 aliphatic carbocycles. The summed E-state index contributed by atoms with van der Waals surface area (Å²) in [7, 11) is 0. The first-order valence-corrected chi connectivity index (χ1v) is 8.51. The van der Waals surface area contributed by atoms with Crippen LogP contribution < -0.4 is 5.32 Å². The minimum Gasteiger partial charge on any atom is -0.396 e. The van der Waals surface area contributed by atoms with Crippen LogP contribution in [0.4, 0.5) is 0 Å². The van der Waals surface area contributed by atoms with Crippen molar-refractivity contribution >= 4 is 17.1 Å². The molecule has 0 saturated heterocycles. The van der Waals surface area contributed by atoms with E-state index in [1.165, 1.54) is 0 Å². The van der Waals surface area contributed by atoms with Crippen LogP contribution in [0.25, 0.3) is 11.2 Å². The lowest BCUT2D eigenvalue weighted by Gasteiger charge is -2.19. The number of carbonyl (C=O) groups is 1. The average molecular weight is 338 g/mol. The fraction of sp³-hybridized carbons (Fsp3) is 0.316. The fourth-order valence-electron chi connectivity index (χ4n) is 2.81. The number of aliphatic hydroxyl groups is 1. The number of nitrogens with zero attached hydrogens (tertiary/aromatic N) is 2. The number of aliphatic hydroxyl groups excluding tert-OH is 1. The maximum absolute atomic E-state index is 12.3. The van der Waals surface area contributed by atoms with Crippen molar-refractivity contribution in [2.45, 2.75) is 31.7 Å². The van der Waals surface area contributed by atoms with Gasteiger partial charge in [-0.15, -0.1) is 0 Å². The molecule has 130 valence electrons. The first-order chi connectivity index (χ1) is 12.3. The standard InChI is InChI=1S/C19H22N4O2/c24-13-5-9-15(14-6-2-1-3-7-14)22-18(25)11-10-17-21-16-8-4-12-20-19(16)23-17/h1-4,6-8,12,15,24H,5,9-11,13H2,(H,22,25)(H,20,21,23). The molecule has 2 heterocycles. The molecule has 3 rings (SSSR count). The lowest BCUT2D eigenvalue weighted by Crippen LogP contribution is -2.29. The zero-order chi connectivity index (χ0) is 17.5. The van der Waals surface area contributed by atoms with E-state index in [1.54, 1.807) is 6.20 Å². The molecule has 0 spiro atoms. The van der Waals surface area contributed by atoms with Gasteiger partial charge in [0.25, 0.3) is 0 Å². The van der Waals surface area contributed by atoms with Gasteiger partial charge in [-0.2, -0.15) is 0 Å². The van der Waals surface area contributed by atoms with Gasteiger partial charge in [0, 0.05) is 25.6 Å². The average Bonchev–Trinajstić information content (AvgIpc) is 3.07. The van der Waals surface area contributed by atoms with Crippen LogP contribution >= 0.6 is 0 Å². The Kier molecular flexibility index (Phi) is 5.74. The second kappa shape index (κ2) is 8.39. The molecule has 0 aliphatic rings. The third-order valence-corrected chi connectivity index (χ3v) is 4.08. The van der Waals surface area contributed by atoms with Gasteiger partial charge in [0.05, 0.1) is 11.6 Å². The summed E-state index contributed by atoms with van der Waals surface area (Å²) in [4.78, 5) is 24.1. The van der Waals surface area contributed by atoms with Gasteiger partial charge in [0.2, 0.25) is 5.91 Å². The van der Waals surface area contributed by atoms with Crippen molar-refractivity contribution in [1.29, 1.82) is 0 Å². The molecule has 1 aromatic carbocycles. The molecule has 25 heavy (non-hydrogen) atoms. The molecule has 1 unspecified atom stereocenters. The number of H-pyrrole nitrogens is 1. The normalized spacial score (nSPS) is 12.2. The highest BCUT2D eigenvalue weighted by molar-refractivity contribution is 5.77. The predicted molar refractivity (Wildman–Crippen MR) is 95.9 cm³/mol. The predicted octanol–water partition coefficient (Wildman–Crippen LogP) is 2.52. The molecule has 6 nitrogen and oxygen atoms in total. The number of rotatable bonds is 8. The summed E-state index contributed by atoms with van der Waals surface area (Å²) in [6.45, 7) is 0.116. The molecule has 0 fully saturated rings. The van der Waals surface area contributed by atoms with Crippen molar-refractivity contribution < 1.29 is 9.90 Å². The van der Waals surface area contributed by atoms with E-state index in [9.17, 15) is 4.79 Å². The zero-order valence-electron chi connectivity index (χ0n) is 14.0. The van der Waals surface area contributed by atoms with Crippen molar-refractivity contribution in [2.75, 3.05) is 6.61 Å². The summed E-state index contributed by atoms with van der Waals surface area (Å²) in [6.07, 6.45) is 3.94. The number of fused-ring (bicyclic) bond motifs is 1. The van der Waals surface area contributed by atoms with Gasteiger partial charge in [-0.25, -0.2) is 9.97 Å². The van der Waals surface area contributed by atoms with E-state index in [4.69, 9.17) is 5.11 Å². The molecule has 6 heteroatoms. The van der Waals surface area contributed by atoms with Crippen molar-refractivity contribution in [2.24, 2.45) is 0 Å². The van der Waals surface area contributed by atoms with Crippen molar-refractivity contribution in [3.05, 3.63) is 60.0 Å². The van der Waals surface area contributed by atoms with Crippen molar-refractivity contribution in [1.82, 2.24) is 20.3 Å². The highest BCUT2D eigenvalue weighted by Gasteiger charge is 2.14. The molecular formula is C19H22N4O2. The highest BCUT2D eigenvalue weighted by Crippen LogP contribution is 2.18. The number of nitrogens with one attached hydrogen (secondary N) is 2. The van der Waals surface area contributed by atoms with Crippen LogP contribution in [-0.4, -0.2) is 32.6 Å². The quantitative estimate of drug-likeness (QED) is 0.588. The van der Waals surface area contributed by atoms with Crippen LogP contribution in [0.5, 0.6) is 0 Å². The van der Waals surface area contributed by atoms with Crippen LogP contribution in [-0.2, 0) is 11.2 Å². The maximum Gasteiger partial charge on any atom is 0.220 e. The molecule has 0 aliphatic heterocycles. The minimum absolute atomic E-state index is 0.0276. The number of hydrogen-bond donors (Lipinski definition) is 3. The SMILES string of the molecule is O=C(CCc1nc2ncccc2[nH]1)NC(CCCO)c1ccccc1. The molecule has 1 atom stereocenters. The number of benzene rings is 1. The number of imidazole rings is 1. The van der Waals surface area contributed by atoms with E-state index >= 15 is 0 Å². The number of pyridine rings is 1. The maximum atomic E-state index is 12.3. The van der Waals surface area contributed by atoms with E-state index in [-0.39, 0.29) is 18.6 Å². The van der Waals surface area contributed by atoms with Gasteiger partial charge in [0.15, 0.2) is 5.65 Å². The second-order valence-electron chi connectivity index (χ2n) is 5.95. The summed E-state index contributed by atoms with van der Waals surface area (Å²) in [6, 6.07) is 13.5. The number of aromatic amines is 1. The van der Waals surface area contributed by atoms with Crippen molar-refractivity contribution in [3.63, 3.8) is 0 Å². The van der Waals surface area contributed by atoms with Gasteiger partial charge < -0.3 is 15.4 Å². The number of aromatic nitrogens is 3. The van der Waals surface area contributed by atoms with Gasteiger partial charge in [-0.1, -0.05) is 30.3 Å². The van der Waals surface area contributed by atoms with Crippen LogP contribution in [0.2, 0.25) is 0 Å². The monoisotopic (exact) mass is 338 g/mol. The van der Waals surface area contributed by atoms with Gasteiger partial charge in [0.1, 0.15) is 5.82 Å². The summed E-state index contributed by atoms with van der Waals surface area (Å²) >= 11 is 0. The zero-order valence-corrected chi connectivity index (χ0v) is 14.0. The molecule has 2 aromatic heterocycles. The lowest BCUT2D eigenvalue weighted by molar-refractivity contribution is -0.121. The summed E-state index contributed by atoms with van der Waals surface area (Å²) < 4.78 is 0. The Morgan fingerprint density at radius 3 is 2.80 bits per heavy atom. The number of hydrogen-bond acceptors (Lipinski definition) is 4. The summed E-state index contributed by atoms with van der Waals surface area (Å²) in [5.41, 5.74) is 2.60. The van der Waals surface area contributed by atoms with E-state index < -0.39 is 0 Å². The molecule has 0 saturated carbocycles. The lowest BCUT2D eigenvalue weighted by atomic mass is 10.0. The molecule has 3 aromatic rings. The Morgan fingerprint density at radius 2 is 2.04 bits per heavy atom. The van der Waals surface area contributed by atoms with E-state index in [1.807, 2.05) is 42.5 Å². The molecule has 0 bridgehead atoms. The molecule has 3 N–H and O–H groups in total. The van der Waals surface area contributed by atoms with E-state index in [2.05, 4.69) is 20.3 Å². The smallest absolute Gasteiger partial charge is 0.220 e. The van der Waals surface area contributed by atoms with Gasteiger partial charge >= 0.3 is 0 Å². The van der Waals surface area contributed by atoms with E-state index in [0.29, 0.717) is 31.3 Å². The van der Waals surface area contributed by atoms with E-state index in [0.717, 1.165) is 16.9 Å². The number of aryl methyl sites for hydroxylation is 1. The first-order valence-electron chi connectivity index (χ1n) is 8.51. The number of amides is 1. The third kappa shape index (κ3) is 4.64. The minimum atomic E-state index is -0.0850. The topological polar surface area (TPSA) is 90.9 Å². The van der Waals surface area contributed by atoms with Crippen LogP contribution in [0.3, 0.4) is 0 Å². The van der Waals surface area contributed by atoms with Crippen LogP contribution in [0.1, 0.15) is 36.7 Å². The van der Waals surface area contributed by atoms with Crippen LogP contribution in [0.15, 0.2) is 48.7 Å².